The van der Waals surface area contributed by atoms with Gasteiger partial charge in [-0.25, -0.2) is 0 Å². The van der Waals surface area contributed by atoms with E-state index in [0.717, 1.165) is 53.0 Å². The number of nitrogens with zero attached hydrogens (tertiary/aromatic N) is 6. The molecule has 2 aromatic carbocycles. The number of benzene rings is 2. The van der Waals surface area contributed by atoms with Crippen molar-refractivity contribution in [3.8, 4) is 11.8 Å². The van der Waals surface area contributed by atoms with Gasteiger partial charge < -0.3 is 29.4 Å². The molecule has 0 aliphatic carbocycles. The summed E-state index contributed by atoms with van der Waals surface area (Å²) in [5, 5.41) is 12.5. The number of phenols is 1. The largest absolute Gasteiger partial charge is 0.508 e. The van der Waals surface area contributed by atoms with Gasteiger partial charge in [0.05, 0.1) is 12.2 Å². The molecule has 9 heteroatoms. The van der Waals surface area contributed by atoms with E-state index in [1.54, 1.807) is 6.07 Å². The van der Waals surface area contributed by atoms with Crippen molar-refractivity contribution in [1.29, 1.82) is 0 Å². The number of ether oxygens (including phenoxy) is 1. The number of amides is 1. The second-order valence-electron chi connectivity index (χ2n) is 10.3. The Morgan fingerprint density at radius 1 is 1.21 bits per heavy atom. The van der Waals surface area contributed by atoms with E-state index in [0.29, 0.717) is 38.8 Å². The summed E-state index contributed by atoms with van der Waals surface area (Å²) in [6.45, 7) is 10.3. The van der Waals surface area contributed by atoms with Crippen LogP contribution in [-0.2, 0) is 17.8 Å². The second-order valence-corrected chi connectivity index (χ2v) is 10.3. The highest BCUT2D eigenvalue weighted by Gasteiger charge is 2.32. The first kappa shape index (κ1) is 25.8. The van der Waals surface area contributed by atoms with Gasteiger partial charge in [-0.3, -0.25) is 4.79 Å². The van der Waals surface area contributed by atoms with Crippen molar-refractivity contribution in [2.24, 2.45) is 0 Å². The number of hydrogen-bond donors (Lipinski definition) is 1. The van der Waals surface area contributed by atoms with Gasteiger partial charge in [0.1, 0.15) is 18.2 Å². The Bertz CT molecular complexity index is 1340. The van der Waals surface area contributed by atoms with Gasteiger partial charge in [0.15, 0.2) is 0 Å². The number of likely N-dealkylation sites (N-methyl/N-ethyl adjacent to an activating group) is 1. The van der Waals surface area contributed by atoms with Crippen LogP contribution in [0.4, 0.5) is 11.5 Å². The lowest BCUT2D eigenvalue weighted by Gasteiger charge is -2.42. The van der Waals surface area contributed by atoms with Crippen molar-refractivity contribution >= 4 is 28.2 Å². The Balaban J connectivity index is 1.49. The van der Waals surface area contributed by atoms with Crippen LogP contribution in [-0.4, -0.2) is 90.2 Å². The van der Waals surface area contributed by atoms with Crippen molar-refractivity contribution in [3.05, 3.63) is 60.3 Å². The number of piperazine rings is 1. The van der Waals surface area contributed by atoms with Gasteiger partial charge in [-0.05, 0) is 45.0 Å². The van der Waals surface area contributed by atoms with E-state index in [9.17, 15) is 9.90 Å². The van der Waals surface area contributed by atoms with Gasteiger partial charge in [-0.15, -0.1) is 0 Å². The molecule has 1 aromatic heterocycles. The maximum atomic E-state index is 12.2. The molecule has 200 valence electrons. The maximum absolute atomic E-state index is 12.2. The first-order valence-electron chi connectivity index (χ1n) is 13.2. The van der Waals surface area contributed by atoms with Crippen molar-refractivity contribution in [3.63, 3.8) is 0 Å². The Labute approximate surface area is 223 Å². The van der Waals surface area contributed by atoms with Crippen molar-refractivity contribution in [1.82, 2.24) is 19.8 Å². The predicted molar refractivity (Wildman–Crippen MR) is 150 cm³/mol. The zero-order valence-corrected chi connectivity index (χ0v) is 22.4. The van der Waals surface area contributed by atoms with Crippen LogP contribution in [0.2, 0.25) is 0 Å². The molecule has 3 aromatic rings. The van der Waals surface area contributed by atoms with E-state index < -0.39 is 0 Å². The lowest BCUT2D eigenvalue weighted by molar-refractivity contribution is -0.126. The molecule has 5 rings (SSSR count). The first-order chi connectivity index (χ1) is 18.3. The molecule has 1 fully saturated rings. The summed E-state index contributed by atoms with van der Waals surface area (Å²) in [5.41, 5.74) is 3.05. The SMILES string of the molecule is C=CC(=O)N1CCN(c2nc(OCCN(C)C)nc3c2CCN(c2cc(O)cc4ccccc24)C3)C(C)C1. The summed E-state index contributed by atoms with van der Waals surface area (Å²) in [7, 11) is 4.01. The summed E-state index contributed by atoms with van der Waals surface area (Å²) < 4.78 is 6.03. The molecule has 2 aliphatic heterocycles. The van der Waals surface area contributed by atoms with Crippen LogP contribution >= 0.6 is 0 Å². The molecule has 1 amide bonds. The summed E-state index contributed by atoms with van der Waals surface area (Å²) in [5.74, 6) is 1.11. The number of fused-ring (bicyclic) bond motifs is 2. The highest BCUT2D eigenvalue weighted by Crippen LogP contribution is 2.36. The third-order valence-corrected chi connectivity index (χ3v) is 7.34. The summed E-state index contributed by atoms with van der Waals surface area (Å²) in [4.78, 5) is 30.4. The molecule has 0 radical (unpaired) electrons. The molecule has 3 heterocycles. The van der Waals surface area contributed by atoms with Gasteiger partial charge in [0.2, 0.25) is 5.91 Å². The van der Waals surface area contributed by atoms with Crippen molar-refractivity contribution < 1.29 is 14.6 Å². The van der Waals surface area contributed by atoms with Gasteiger partial charge in [-0.1, -0.05) is 30.8 Å². The van der Waals surface area contributed by atoms with Crippen LogP contribution in [0.3, 0.4) is 0 Å². The molecule has 1 atom stereocenters. The van der Waals surface area contributed by atoms with Crippen LogP contribution in [0.25, 0.3) is 10.8 Å². The number of hydrogen-bond acceptors (Lipinski definition) is 8. The monoisotopic (exact) mass is 516 g/mol. The zero-order chi connectivity index (χ0) is 26.8. The molecule has 2 aliphatic rings. The van der Waals surface area contributed by atoms with Gasteiger partial charge in [0, 0.05) is 61.5 Å². The molecule has 1 saturated heterocycles. The lowest BCUT2D eigenvalue weighted by Crippen LogP contribution is -2.54. The Morgan fingerprint density at radius 3 is 2.79 bits per heavy atom. The summed E-state index contributed by atoms with van der Waals surface area (Å²) in [6.07, 6.45) is 2.15. The highest BCUT2D eigenvalue weighted by molar-refractivity contribution is 5.95. The van der Waals surface area contributed by atoms with Crippen LogP contribution in [0, 0.1) is 0 Å². The number of anilines is 2. The summed E-state index contributed by atoms with van der Waals surface area (Å²) >= 11 is 0. The number of carbonyl (C=O) groups is 1. The minimum atomic E-state index is -0.0390. The van der Waals surface area contributed by atoms with Crippen molar-refractivity contribution in [2.45, 2.75) is 25.9 Å². The van der Waals surface area contributed by atoms with E-state index in [4.69, 9.17) is 14.7 Å². The van der Waals surface area contributed by atoms with Gasteiger partial charge in [0.25, 0.3) is 0 Å². The molecular weight excluding hydrogens is 480 g/mol. The van der Waals surface area contributed by atoms with E-state index in [2.05, 4.69) is 34.3 Å². The minimum Gasteiger partial charge on any atom is -0.508 e. The number of carbonyl (C=O) groups excluding carboxylic acids is 1. The molecule has 0 spiro atoms. The standard InChI is InChI=1S/C29H36N6O3/c1-5-27(37)34-12-13-35(20(2)18-34)28-24-10-11-33(19-25(24)30-29(31-28)38-15-14-32(3)4)26-17-22(36)16-21-8-6-7-9-23(21)26/h5-9,16-17,20,36H,1,10-15,18-19H2,2-4H3. The predicted octanol–water partition coefficient (Wildman–Crippen LogP) is 3.06. The van der Waals surface area contributed by atoms with Crippen molar-refractivity contribution in [2.75, 3.05) is 63.2 Å². The Morgan fingerprint density at radius 2 is 2.03 bits per heavy atom. The third kappa shape index (κ3) is 5.24. The summed E-state index contributed by atoms with van der Waals surface area (Å²) in [6, 6.07) is 12.2. The molecular formula is C29H36N6O3. The topological polar surface area (TPSA) is 85.3 Å². The van der Waals surface area contributed by atoms with Crippen LogP contribution < -0.4 is 14.5 Å². The fraction of sp³-hybridized carbons (Fsp3) is 0.414. The fourth-order valence-electron chi connectivity index (χ4n) is 5.35. The molecule has 0 saturated carbocycles. The van der Waals surface area contributed by atoms with E-state index in [-0.39, 0.29) is 17.7 Å². The molecule has 38 heavy (non-hydrogen) atoms. The number of aromatic nitrogens is 2. The number of aromatic hydroxyl groups is 1. The molecule has 1 N–H and O–H groups in total. The second kappa shape index (κ2) is 10.9. The van der Waals surface area contributed by atoms with Gasteiger partial charge >= 0.3 is 6.01 Å². The average Bonchev–Trinajstić information content (AvgIpc) is 2.91. The van der Waals surface area contributed by atoms with Crippen LogP contribution in [0.1, 0.15) is 18.2 Å². The van der Waals surface area contributed by atoms with E-state index in [1.165, 1.54) is 6.08 Å². The normalized spacial score (nSPS) is 17.6. The molecule has 1 unspecified atom stereocenters. The van der Waals surface area contributed by atoms with E-state index >= 15 is 0 Å². The zero-order valence-electron chi connectivity index (χ0n) is 22.4. The van der Waals surface area contributed by atoms with Gasteiger partial charge in [-0.2, -0.15) is 9.97 Å². The fourth-order valence-corrected chi connectivity index (χ4v) is 5.35. The van der Waals surface area contributed by atoms with Crippen LogP contribution in [0.15, 0.2) is 49.1 Å². The number of rotatable bonds is 7. The Kier molecular flexibility index (Phi) is 7.37. The van der Waals surface area contributed by atoms with Crippen LogP contribution in [0.5, 0.6) is 11.8 Å². The average molecular weight is 517 g/mol. The number of phenolic OH excluding ortho intramolecular Hbond substituents is 1. The minimum absolute atomic E-state index is 0.0390. The first-order valence-corrected chi connectivity index (χ1v) is 13.2. The quantitative estimate of drug-likeness (QED) is 0.480. The highest BCUT2D eigenvalue weighted by atomic mass is 16.5. The third-order valence-electron chi connectivity index (χ3n) is 7.34. The lowest BCUT2D eigenvalue weighted by atomic mass is 10.0. The smallest absolute Gasteiger partial charge is 0.318 e. The molecule has 0 bridgehead atoms. The maximum Gasteiger partial charge on any atom is 0.318 e. The Hall–Kier alpha value is -3.85. The van der Waals surface area contributed by atoms with E-state index in [1.807, 2.05) is 43.3 Å². The molecule has 9 nitrogen and oxygen atoms in total.